The van der Waals surface area contributed by atoms with Gasteiger partial charge in [0.25, 0.3) is 5.91 Å². The van der Waals surface area contributed by atoms with E-state index in [0.717, 1.165) is 42.2 Å². The summed E-state index contributed by atoms with van der Waals surface area (Å²) in [6.07, 6.45) is 2.01. The first kappa shape index (κ1) is 21.3. The number of carbonyl (C=O) groups is 1. The standard InChI is InChI=1S/C26H24ClNO3S/c27-20-4-7-22-23-13-19(3-8-24(23)32-25(22)14-20)18-1-5-21(6-2-18)31-16-26(29)28-15-17-9-11-30-12-10-17/h1-8,13-14,17H,9-12,15-16H2,(H,28,29). The Balaban J connectivity index is 1.22. The van der Waals surface area contributed by atoms with Crippen LogP contribution in [0.25, 0.3) is 31.3 Å². The molecule has 5 rings (SSSR count). The fraction of sp³-hybridized carbons (Fsp3) is 0.269. The number of benzene rings is 3. The Morgan fingerprint density at radius 1 is 0.969 bits per heavy atom. The van der Waals surface area contributed by atoms with Crippen molar-refractivity contribution in [3.8, 4) is 16.9 Å². The fourth-order valence-corrected chi connectivity index (χ4v) is 5.45. The van der Waals surface area contributed by atoms with Crippen molar-refractivity contribution in [3.63, 3.8) is 0 Å². The van der Waals surface area contributed by atoms with Crippen molar-refractivity contribution in [1.29, 1.82) is 0 Å². The summed E-state index contributed by atoms with van der Waals surface area (Å²) in [6.45, 7) is 2.29. The van der Waals surface area contributed by atoms with Crippen LogP contribution in [-0.2, 0) is 9.53 Å². The van der Waals surface area contributed by atoms with Crippen LogP contribution in [0.3, 0.4) is 0 Å². The van der Waals surface area contributed by atoms with Gasteiger partial charge in [-0.05, 0) is 66.3 Å². The van der Waals surface area contributed by atoms with Crippen molar-refractivity contribution in [2.24, 2.45) is 5.92 Å². The van der Waals surface area contributed by atoms with E-state index in [9.17, 15) is 4.79 Å². The lowest BCUT2D eigenvalue weighted by Crippen LogP contribution is -2.35. The quantitative estimate of drug-likeness (QED) is 0.363. The van der Waals surface area contributed by atoms with Gasteiger partial charge in [-0.15, -0.1) is 11.3 Å². The molecule has 1 N–H and O–H groups in total. The first-order valence-electron chi connectivity index (χ1n) is 10.9. The predicted molar refractivity (Wildman–Crippen MR) is 132 cm³/mol. The second-order valence-electron chi connectivity index (χ2n) is 8.13. The average Bonchev–Trinajstić information content (AvgIpc) is 3.19. The van der Waals surface area contributed by atoms with E-state index in [0.29, 0.717) is 18.2 Å². The van der Waals surface area contributed by atoms with Gasteiger partial charge in [-0.3, -0.25) is 4.79 Å². The van der Waals surface area contributed by atoms with E-state index in [4.69, 9.17) is 21.1 Å². The van der Waals surface area contributed by atoms with Gasteiger partial charge in [0.1, 0.15) is 5.75 Å². The van der Waals surface area contributed by atoms with Crippen LogP contribution in [0.5, 0.6) is 5.75 Å². The summed E-state index contributed by atoms with van der Waals surface area (Å²) in [5, 5.41) is 6.19. The number of amides is 1. The second kappa shape index (κ2) is 9.49. The number of thiophene rings is 1. The van der Waals surface area contributed by atoms with E-state index in [-0.39, 0.29) is 12.5 Å². The van der Waals surface area contributed by atoms with Crippen LogP contribution in [0.1, 0.15) is 12.8 Å². The number of hydrogen-bond donors (Lipinski definition) is 1. The fourth-order valence-electron chi connectivity index (χ4n) is 4.08. The van der Waals surface area contributed by atoms with Gasteiger partial charge in [-0.1, -0.05) is 35.9 Å². The molecular weight excluding hydrogens is 442 g/mol. The maximum Gasteiger partial charge on any atom is 0.257 e. The van der Waals surface area contributed by atoms with Crippen LogP contribution in [-0.4, -0.2) is 32.3 Å². The smallest absolute Gasteiger partial charge is 0.257 e. The first-order chi connectivity index (χ1) is 15.7. The SMILES string of the molecule is O=C(COc1ccc(-c2ccc3sc4cc(Cl)ccc4c3c2)cc1)NCC1CCOCC1. The summed E-state index contributed by atoms with van der Waals surface area (Å²) in [5.41, 5.74) is 2.25. The van der Waals surface area contributed by atoms with Gasteiger partial charge in [-0.2, -0.15) is 0 Å². The number of carbonyl (C=O) groups excluding carboxylic acids is 1. The molecule has 0 bridgehead atoms. The number of fused-ring (bicyclic) bond motifs is 3. The van der Waals surface area contributed by atoms with E-state index >= 15 is 0 Å². The molecular formula is C26H24ClNO3S. The topological polar surface area (TPSA) is 47.6 Å². The molecule has 0 spiro atoms. The lowest BCUT2D eigenvalue weighted by atomic mass is 10.0. The molecule has 2 heterocycles. The highest BCUT2D eigenvalue weighted by Crippen LogP contribution is 2.37. The van der Waals surface area contributed by atoms with E-state index in [1.165, 1.54) is 20.2 Å². The van der Waals surface area contributed by atoms with E-state index in [1.54, 1.807) is 11.3 Å². The van der Waals surface area contributed by atoms with Gasteiger partial charge in [0.05, 0.1) is 0 Å². The number of hydrogen-bond acceptors (Lipinski definition) is 4. The molecule has 4 aromatic rings. The molecule has 1 saturated heterocycles. The summed E-state index contributed by atoms with van der Waals surface area (Å²) in [6, 6.07) is 20.5. The molecule has 1 aliphatic heterocycles. The predicted octanol–water partition coefficient (Wildman–Crippen LogP) is 6.30. The lowest BCUT2D eigenvalue weighted by molar-refractivity contribution is -0.123. The third-order valence-corrected chi connectivity index (χ3v) is 7.29. The normalized spacial score (nSPS) is 14.7. The molecule has 32 heavy (non-hydrogen) atoms. The van der Waals surface area contributed by atoms with Crippen molar-refractivity contribution in [2.45, 2.75) is 12.8 Å². The minimum atomic E-state index is -0.0875. The second-order valence-corrected chi connectivity index (χ2v) is 9.65. The van der Waals surface area contributed by atoms with Crippen molar-refractivity contribution in [3.05, 3.63) is 65.7 Å². The van der Waals surface area contributed by atoms with E-state index in [1.807, 2.05) is 36.4 Å². The van der Waals surface area contributed by atoms with Crippen molar-refractivity contribution in [2.75, 3.05) is 26.4 Å². The highest BCUT2D eigenvalue weighted by Gasteiger charge is 2.15. The lowest BCUT2D eigenvalue weighted by Gasteiger charge is -2.22. The molecule has 1 aliphatic rings. The molecule has 4 nitrogen and oxygen atoms in total. The highest BCUT2D eigenvalue weighted by atomic mass is 35.5. The molecule has 164 valence electrons. The zero-order valence-corrected chi connectivity index (χ0v) is 19.2. The molecule has 0 unspecified atom stereocenters. The largest absolute Gasteiger partial charge is 0.484 e. The van der Waals surface area contributed by atoms with Crippen LogP contribution in [0.4, 0.5) is 0 Å². The van der Waals surface area contributed by atoms with Crippen LogP contribution in [0, 0.1) is 5.92 Å². The summed E-state index contributed by atoms with van der Waals surface area (Å²) >= 11 is 7.91. The Morgan fingerprint density at radius 2 is 1.75 bits per heavy atom. The Labute approximate surface area is 196 Å². The van der Waals surface area contributed by atoms with Crippen LogP contribution < -0.4 is 10.1 Å². The van der Waals surface area contributed by atoms with Gasteiger partial charge in [0, 0.05) is 45.0 Å². The molecule has 0 atom stereocenters. The van der Waals surface area contributed by atoms with Gasteiger partial charge in [0.2, 0.25) is 0 Å². The molecule has 1 amide bonds. The van der Waals surface area contributed by atoms with Crippen molar-refractivity contribution >= 4 is 49.0 Å². The van der Waals surface area contributed by atoms with Gasteiger partial charge < -0.3 is 14.8 Å². The highest BCUT2D eigenvalue weighted by molar-refractivity contribution is 7.25. The Bertz CT molecular complexity index is 1250. The van der Waals surface area contributed by atoms with Gasteiger partial charge in [0.15, 0.2) is 6.61 Å². The Morgan fingerprint density at radius 3 is 2.56 bits per heavy atom. The first-order valence-corrected chi connectivity index (χ1v) is 12.0. The van der Waals surface area contributed by atoms with Crippen LogP contribution in [0.15, 0.2) is 60.7 Å². The third kappa shape index (κ3) is 4.75. The zero-order valence-electron chi connectivity index (χ0n) is 17.6. The molecule has 1 aromatic heterocycles. The number of nitrogens with one attached hydrogen (secondary N) is 1. The maximum atomic E-state index is 12.1. The summed E-state index contributed by atoms with van der Waals surface area (Å²) in [4.78, 5) is 12.1. The molecule has 0 aliphatic carbocycles. The zero-order chi connectivity index (χ0) is 21.9. The van der Waals surface area contributed by atoms with Gasteiger partial charge >= 0.3 is 0 Å². The molecule has 3 aromatic carbocycles. The third-order valence-electron chi connectivity index (χ3n) is 5.92. The van der Waals surface area contributed by atoms with Crippen LogP contribution in [0.2, 0.25) is 5.02 Å². The molecule has 6 heteroatoms. The molecule has 0 saturated carbocycles. The Kier molecular flexibility index (Phi) is 6.30. The number of halogens is 1. The molecule has 0 radical (unpaired) electrons. The maximum absolute atomic E-state index is 12.1. The molecule has 1 fully saturated rings. The summed E-state index contributed by atoms with van der Waals surface area (Å²) in [5.74, 6) is 1.10. The number of rotatable bonds is 6. The monoisotopic (exact) mass is 465 g/mol. The summed E-state index contributed by atoms with van der Waals surface area (Å²) < 4.78 is 13.5. The van der Waals surface area contributed by atoms with E-state index in [2.05, 4.69) is 29.6 Å². The van der Waals surface area contributed by atoms with E-state index < -0.39 is 0 Å². The Hall–Kier alpha value is -2.60. The average molecular weight is 466 g/mol. The minimum Gasteiger partial charge on any atom is -0.484 e. The summed E-state index contributed by atoms with van der Waals surface area (Å²) in [7, 11) is 0. The number of ether oxygens (including phenoxy) is 2. The van der Waals surface area contributed by atoms with Crippen molar-refractivity contribution in [1.82, 2.24) is 5.32 Å². The van der Waals surface area contributed by atoms with Crippen molar-refractivity contribution < 1.29 is 14.3 Å². The van der Waals surface area contributed by atoms with Crippen LogP contribution >= 0.6 is 22.9 Å². The van der Waals surface area contributed by atoms with Gasteiger partial charge in [-0.25, -0.2) is 0 Å². The minimum absolute atomic E-state index is 0.0258.